The van der Waals surface area contributed by atoms with E-state index in [0.717, 1.165) is 6.54 Å². The van der Waals surface area contributed by atoms with Crippen LogP contribution in [0.25, 0.3) is 0 Å². The molecule has 1 rings (SSSR count). The second-order valence-electron chi connectivity index (χ2n) is 5.19. The van der Waals surface area contributed by atoms with Gasteiger partial charge in [-0.3, -0.25) is 9.59 Å². The second kappa shape index (κ2) is 6.70. The zero-order valence-electron chi connectivity index (χ0n) is 11.6. The highest BCUT2D eigenvalue weighted by molar-refractivity contribution is 5.87. The molecule has 2 atom stereocenters. The Kier molecular flexibility index (Phi) is 5.55. The van der Waals surface area contributed by atoms with Crippen LogP contribution in [0.1, 0.15) is 20.8 Å². The van der Waals surface area contributed by atoms with Gasteiger partial charge >= 0.3 is 0 Å². The first-order valence-electron chi connectivity index (χ1n) is 6.41. The largest absolute Gasteiger partial charge is 0.352 e. The van der Waals surface area contributed by atoms with Crippen molar-refractivity contribution in [3.8, 4) is 0 Å². The topological polar surface area (TPSA) is 73.5 Å². The molecule has 0 aromatic heterocycles. The van der Waals surface area contributed by atoms with Gasteiger partial charge in [-0.15, -0.1) is 0 Å². The Labute approximate surface area is 108 Å². The van der Waals surface area contributed by atoms with Crippen LogP contribution in [0.4, 0.5) is 0 Å². The number of nitrogens with zero attached hydrogens (tertiary/aromatic N) is 1. The van der Waals surface area contributed by atoms with E-state index in [4.69, 9.17) is 0 Å². The number of carbonyl (C=O) groups excluding carboxylic acids is 2. The molecule has 1 fully saturated rings. The average molecular weight is 256 g/mol. The van der Waals surface area contributed by atoms with Crippen LogP contribution in [0.15, 0.2) is 0 Å². The third-order valence-electron chi connectivity index (χ3n) is 2.85. The monoisotopic (exact) mass is 256 g/mol. The van der Waals surface area contributed by atoms with E-state index in [9.17, 15) is 9.59 Å². The highest BCUT2D eigenvalue weighted by Crippen LogP contribution is 1.98. The molecule has 6 heteroatoms. The number of likely N-dealkylation sites (N-methyl/N-ethyl adjacent to an activating group) is 1. The first-order valence-corrected chi connectivity index (χ1v) is 6.41. The molecule has 1 heterocycles. The first kappa shape index (κ1) is 14.9. The van der Waals surface area contributed by atoms with Crippen molar-refractivity contribution in [1.82, 2.24) is 20.9 Å². The number of piperazine rings is 1. The van der Waals surface area contributed by atoms with E-state index in [-0.39, 0.29) is 30.4 Å². The smallest absolute Gasteiger partial charge is 0.241 e. The summed E-state index contributed by atoms with van der Waals surface area (Å²) >= 11 is 0. The van der Waals surface area contributed by atoms with Gasteiger partial charge in [-0.05, 0) is 20.8 Å². The van der Waals surface area contributed by atoms with Crippen molar-refractivity contribution >= 4 is 11.8 Å². The first-order chi connectivity index (χ1) is 8.40. The van der Waals surface area contributed by atoms with Crippen molar-refractivity contribution in [3.63, 3.8) is 0 Å². The van der Waals surface area contributed by atoms with Crippen LogP contribution >= 0.6 is 0 Å². The molecule has 0 saturated carbocycles. The highest BCUT2D eigenvalue weighted by atomic mass is 16.2. The quantitative estimate of drug-likeness (QED) is 0.598. The van der Waals surface area contributed by atoms with Gasteiger partial charge in [0.25, 0.3) is 0 Å². The number of hydrogen-bond donors (Lipinski definition) is 3. The number of nitrogens with one attached hydrogen (secondary N) is 3. The molecule has 0 aliphatic carbocycles. The summed E-state index contributed by atoms with van der Waals surface area (Å²) < 4.78 is 0. The highest BCUT2D eigenvalue weighted by Gasteiger charge is 2.26. The van der Waals surface area contributed by atoms with Crippen LogP contribution < -0.4 is 16.0 Å². The lowest BCUT2D eigenvalue weighted by Gasteiger charge is -2.31. The van der Waals surface area contributed by atoms with Crippen LogP contribution in [-0.2, 0) is 9.59 Å². The lowest BCUT2D eigenvalue weighted by Crippen LogP contribution is -2.59. The van der Waals surface area contributed by atoms with Crippen molar-refractivity contribution in [2.75, 3.05) is 26.7 Å². The number of rotatable bonds is 4. The fourth-order valence-corrected chi connectivity index (χ4v) is 1.88. The zero-order chi connectivity index (χ0) is 13.7. The van der Waals surface area contributed by atoms with Gasteiger partial charge in [0.1, 0.15) is 0 Å². The van der Waals surface area contributed by atoms with E-state index in [1.807, 2.05) is 13.8 Å². The molecule has 2 amide bonds. The molecule has 1 aliphatic heterocycles. The molecular formula is C12H24N4O2. The van der Waals surface area contributed by atoms with E-state index >= 15 is 0 Å². The maximum absolute atomic E-state index is 12.1. The predicted molar refractivity (Wildman–Crippen MR) is 70.2 cm³/mol. The summed E-state index contributed by atoms with van der Waals surface area (Å²) in [6.45, 7) is 7.33. The van der Waals surface area contributed by atoms with Gasteiger partial charge < -0.3 is 20.9 Å². The van der Waals surface area contributed by atoms with E-state index in [1.54, 1.807) is 7.05 Å². The molecule has 0 bridgehead atoms. The van der Waals surface area contributed by atoms with Crippen LogP contribution in [0.3, 0.4) is 0 Å². The van der Waals surface area contributed by atoms with Gasteiger partial charge in [0.15, 0.2) is 0 Å². The maximum Gasteiger partial charge on any atom is 0.241 e. The van der Waals surface area contributed by atoms with Crippen molar-refractivity contribution in [2.24, 2.45) is 0 Å². The molecule has 0 aromatic rings. The summed E-state index contributed by atoms with van der Waals surface area (Å²) in [5.41, 5.74) is 0. The Morgan fingerprint density at radius 3 is 2.50 bits per heavy atom. The van der Waals surface area contributed by atoms with Gasteiger partial charge in [0, 0.05) is 32.2 Å². The van der Waals surface area contributed by atoms with E-state index in [0.29, 0.717) is 12.6 Å². The minimum Gasteiger partial charge on any atom is -0.352 e. The van der Waals surface area contributed by atoms with Gasteiger partial charge in [0.05, 0.1) is 12.6 Å². The average Bonchev–Trinajstić information content (AvgIpc) is 2.27. The van der Waals surface area contributed by atoms with Crippen molar-refractivity contribution in [2.45, 2.75) is 38.9 Å². The van der Waals surface area contributed by atoms with Crippen LogP contribution in [0.2, 0.25) is 0 Å². The van der Waals surface area contributed by atoms with Crippen LogP contribution in [0.5, 0.6) is 0 Å². The SMILES string of the molecule is CC(C)NC(=O)CN(C)C(=O)C1CNC(C)CN1. The molecule has 2 unspecified atom stereocenters. The van der Waals surface area contributed by atoms with Crippen molar-refractivity contribution < 1.29 is 9.59 Å². The van der Waals surface area contributed by atoms with Gasteiger partial charge in [-0.25, -0.2) is 0 Å². The summed E-state index contributed by atoms with van der Waals surface area (Å²) in [6.07, 6.45) is 0. The van der Waals surface area contributed by atoms with Gasteiger partial charge in [-0.1, -0.05) is 0 Å². The Morgan fingerprint density at radius 2 is 2.00 bits per heavy atom. The molecule has 0 spiro atoms. The molecule has 0 aromatic carbocycles. The maximum atomic E-state index is 12.1. The molecule has 104 valence electrons. The van der Waals surface area contributed by atoms with Gasteiger partial charge in [-0.2, -0.15) is 0 Å². The third-order valence-corrected chi connectivity index (χ3v) is 2.85. The minimum atomic E-state index is -0.238. The van der Waals surface area contributed by atoms with E-state index in [2.05, 4.69) is 22.9 Å². The molecule has 1 aliphatic rings. The second-order valence-corrected chi connectivity index (χ2v) is 5.19. The number of carbonyl (C=O) groups is 2. The number of amides is 2. The molecule has 1 saturated heterocycles. The van der Waals surface area contributed by atoms with Crippen molar-refractivity contribution in [1.29, 1.82) is 0 Å². The van der Waals surface area contributed by atoms with E-state index < -0.39 is 0 Å². The lowest BCUT2D eigenvalue weighted by atomic mass is 10.1. The van der Waals surface area contributed by atoms with Crippen molar-refractivity contribution in [3.05, 3.63) is 0 Å². The predicted octanol–water partition coefficient (Wildman–Crippen LogP) is -1.08. The fourth-order valence-electron chi connectivity index (χ4n) is 1.88. The fraction of sp³-hybridized carbons (Fsp3) is 0.833. The Morgan fingerprint density at radius 1 is 1.33 bits per heavy atom. The minimum absolute atomic E-state index is 0.0479. The summed E-state index contributed by atoms with van der Waals surface area (Å²) in [4.78, 5) is 25.1. The molecule has 0 radical (unpaired) electrons. The molecule has 3 N–H and O–H groups in total. The standard InChI is InChI=1S/C12H24N4O2/c1-8(2)15-11(17)7-16(4)12(18)10-6-13-9(3)5-14-10/h8-10,13-14H,5-7H2,1-4H3,(H,15,17). The van der Waals surface area contributed by atoms with E-state index in [1.165, 1.54) is 4.90 Å². The summed E-state index contributed by atoms with van der Waals surface area (Å²) in [5, 5.41) is 9.19. The number of hydrogen-bond acceptors (Lipinski definition) is 4. The molecular weight excluding hydrogens is 232 g/mol. The molecule has 6 nitrogen and oxygen atoms in total. The third kappa shape index (κ3) is 4.62. The molecule has 18 heavy (non-hydrogen) atoms. The normalized spacial score (nSPS) is 23.8. The summed E-state index contributed by atoms with van der Waals surface area (Å²) in [5.74, 6) is -0.175. The summed E-state index contributed by atoms with van der Waals surface area (Å²) in [6, 6.07) is 0.234. The lowest BCUT2D eigenvalue weighted by molar-refractivity contribution is -0.136. The Bertz CT molecular complexity index is 298. The summed E-state index contributed by atoms with van der Waals surface area (Å²) in [7, 11) is 1.65. The Balaban J connectivity index is 2.39. The van der Waals surface area contributed by atoms with Crippen LogP contribution in [-0.4, -0.2) is 61.5 Å². The van der Waals surface area contributed by atoms with Crippen LogP contribution in [0, 0.1) is 0 Å². The zero-order valence-corrected chi connectivity index (χ0v) is 11.6. The Hall–Kier alpha value is -1.14. The van der Waals surface area contributed by atoms with Gasteiger partial charge in [0.2, 0.25) is 11.8 Å².